The van der Waals surface area contributed by atoms with Crippen LogP contribution in [0.5, 0.6) is 11.5 Å². The van der Waals surface area contributed by atoms with Crippen molar-refractivity contribution in [3.63, 3.8) is 0 Å². The number of nitrogens with two attached hydrogens (primary N) is 2. The molecule has 0 aromatic heterocycles. The van der Waals surface area contributed by atoms with E-state index in [0.29, 0.717) is 22.5 Å². The highest BCUT2D eigenvalue weighted by Gasteiger charge is 2.56. The van der Waals surface area contributed by atoms with Gasteiger partial charge in [-0.05, 0) is 66.6 Å². The van der Waals surface area contributed by atoms with Crippen molar-refractivity contribution in [2.45, 2.75) is 31.5 Å². The van der Waals surface area contributed by atoms with Gasteiger partial charge in [0.15, 0.2) is 0 Å². The van der Waals surface area contributed by atoms with Crippen LogP contribution in [0.3, 0.4) is 0 Å². The monoisotopic (exact) mass is 564 g/mol. The van der Waals surface area contributed by atoms with Crippen LogP contribution in [0.4, 0.5) is 33.3 Å². The van der Waals surface area contributed by atoms with E-state index in [9.17, 15) is 31.5 Å². The van der Waals surface area contributed by atoms with Crippen molar-refractivity contribution in [3.8, 4) is 11.5 Å². The van der Waals surface area contributed by atoms with Crippen molar-refractivity contribution in [2.24, 2.45) is 0 Å². The summed E-state index contributed by atoms with van der Waals surface area (Å²) in [6.45, 7) is -0.372. The molecule has 212 valence electrons. The molecule has 3 aromatic rings. The van der Waals surface area contributed by atoms with Crippen LogP contribution in [0.1, 0.15) is 34.3 Å². The molecule has 0 aliphatic carbocycles. The lowest BCUT2D eigenvalue weighted by molar-refractivity contribution is -0.284. The van der Waals surface area contributed by atoms with Crippen LogP contribution in [0.2, 0.25) is 0 Å². The Bertz CT molecular complexity index is 1340. The molecule has 0 aliphatic heterocycles. The molecule has 0 unspecified atom stereocenters. The molecule has 0 radical (unpaired) electrons. The zero-order chi connectivity index (χ0) is 29.3. The third kappa shape index (κ3) is 8.72. The molecule has 0 bridgehead atoms. The first-order valence-corrected chi connectivity index (χ1v) is 11.8. The van der Waals surface area contributed by atoms with E-state index < -0.39 is 36.9 Å². The Hall–Kier alpha value is -4.61. The first-order chi connectivity index (χ1) is 18.8. The summed E-state index contributed by atoms with van der Waals surface area (Å²) in [7, 11) is 0. The normalized spacial score (nSPS) is 11.8. The fraction of sp³-hybridized carbons (Fsp3) is 0.214. The van der Waals surface area contributed by atoms with Crippen LogP contribution in [0.25, 0.3) is 6.08 Å². The maximum atomic E-state index is 12.9. The van der Waals surface area contributed by atoms with E-state index in [1.165, 1.54) is 48.6 Å². The number of carbonyl (C=O) groups is 2. The molecule has 0 spiro atoms. The van der Waals surface area contributed by atoms with Crippen LogP contribution in [-0.4, -0.2) is 30.6 Å². The minimum absolute atomic E-state index is 0.0157. The summed E-state index contributed by atoms with van der Waals surface area (Å²) in [5, 5.41) is 0. The second kappa shape index (κ2) is 13.0. The zero-order valence-electron chi connectivity index (χ0n) is 20.9. The summed E-state index contributed by atoms with van der Waals surface area (Å²) in [4.78, 5) is 24.4. The maximum Gasteiger partial charge on any atom is 0.453 e. The average Bonchev–Trinajstić information content (AvgIpc) is 2.90. The molecule has 0 saturated carbocycles. The second-order valence-electron chi connectivity index (χ2n) is 8.54. The number of hydrogen-bond donors (Lipinski definition) is 2. The highest BCUT2D eigenvalue weighted by Crippen LogP contribution is 2.38. The van der Waals surface area contributed by atoms with Crippen molar-refractivity contribution >= 4 is 29.4 Å². The lowest BCUT2D eigenvalue weighted by Crippen LogP contribution is -2.36. The highest BCUT2D eigenvalue weighted by molar-refractivity contribution is 5.91. The quantitative estimate of drug-likeness (QED) is 0.0714. The predicted molar refractivity (Wildman–Crippen MR) is 138 cm³/mol. The number of alkyl halides is 5. The number of hydrogen-bond acceptors (Lipinski definition) is 7. The van der Waals surface area contributed by atoms with E-state index >= 15 is 0 Å². The van der Waals surface area contributed by atoms with Crippen molar-refractivity contribution in [1.82, 2.24) is 0 Å². The fourth-order valence-electron chi connectivity index (χ4n) is 3.23. The number of anilines is 2. The van der Waals surface area contributed by atoms with Gasteiger partial charge in [-0.2, -0.15) is 22.0 Å². The molecule has 0 fully saturated rings. The minimum atomic E-state index is -5.60. The van der Waals surface area contributed by atoms with Crippen LogP contribution in [0.15, 0.2) is 72.8 Å². The number of halogens is 5. The van der Waals surface area contributed by atoms with Crippen LogP contribution in [-0.2, 0) is 16.1 Å². The minimum Gasteiger partial charge on any atom is -0.494 e. The lowest BCUT2D eigenvalue weighted by atomic mass is 10.2. The topological polar surface area (TPSA) is 114 Å². The van der Waals surface area contributed by atoms with E-state index in [1.54, 1.807) is 30.3 Å². The number of rotatable bonds is 11. The van der Waals surface area contributed by atoms with Crippen LogP contribution >= 0.6 is 0 Å². The van der Waals surface area contributed by atoms with Gasteiger partial charge in [-0.15, -0.1) is 0 Å². The highest BCUT2D eigenvalue weighted by atomic mass is 19.4. The van der Waals surface area contributed by atoms with E-state index in [4.69, 9.17) is 25.7 Å². The Balaban J connectivity index is 1.44. The summed E-state index contributed by atoms with van der Waals surface area (Å²) >= 11 is 0. The molecule has 0 amide bonds. The molecule has 4 N–H and O–H groups in total. The van der Waals surface area contributed by atoms with Crippen molar-refractivity contribution in [3.05, 3.63) is 89.5 Å². The predicted octanol–water partition coefficient (Wildman–Crippen LogP) is 6.18. The van der Waals surface area contributed by atoms with Gasteiger partial charge < -0.3 is 25.7 Å². The zero-order valence-corrected chi connectivity index (χ0v) is 20.9. The van der Waals surface area contributed by atoms with Crippen LogP contribution < -0.4 is 20.9 Å². The molecule has 7 nitrogen and oxygen atoms in total. The van der Waals surface area contributed by atoms with E-state index in [1.807, 2.05) is 0 Å². The number of nitrogen functional groups attached to an aromatic ring is 2. The smallest absolute Gasteiger partial charge is 0.453 e. The average molecular weight is 565 g/mol. The molecule has 3 rings (SSSR count). The molecular formula is C28H25F5N2O5. The van der Waals surface area contributed by atoms with Crippen LogP contribution in [0, 0.1) is 0 Å². The molecule has 0 atom stereocenters. The number of ether oxygens (including phenoxy) is 3. The lowest BCUT2D eigenvalue weighted by Gasteiger charge is -2.19. The first-order valence-electron chi connectivity index (χ1n) is 11.8. The second-order valence-corrected chi connectivity index (χ2v) is 8.54. The standard InChI is InChI=1S/C28H25F5N2O5/c29-27(30,28(31,32)33)14-1-15-38-22-11-6-19(7-12-22)26(37)40-23-9-2-18(3-10-23)4-13-25(36)39-17-20-5-8-21(34)16-24(20)35/h2-13,16H,1,14-15,17,34-35H2. The number of benzene rings is 3. The van der Waals surface area contributed by atoms with Gasteiger partial charge in [0.05, 0.1) is 12.2 Å². The summed E-state index contributed by atoms with van der Waals surface area (Å²) in [6.07, 6.45) is -4.75. The van der Waals surface area contributed by atoms with Crippen molar-refractivity contribution in [1.29, 1.82) is 0 Å². The van der Waals surface area contributed by atoms with Gasteiger partial charge in [0.2, 0.25) is 0 Å². The number of esters is 2. The molecule has 0 saturated heterocycles. The Kier molecular flexibility index (Phi) is 9.70. The Labute approximate surface area is 226 Å². The molecule has 0 heterocycles. The SMILES string of the molecule is Nc1ccc(COC(=O)C=Cc2ccc(OC(=O)c3ccc(OCCCC(F)(F)C(F)(F)F)cc3)cc2)c(N)c1. The molecule has 40 heavy (non-hydrogen) atoms. The van der Waals surface area contributed by atoms with E-state index in [0.717, 1.165) is 0 Å². The fourth-order valence-corrected chi connectivity index (χ4v) is 3.23. The Morgan fingerprint density at radius 2 is 1.50 bits per heavy atom. The van der Waals surface area contributed by atoms with Gasteiger partial charge in [0.1, 0.15) is 18.1 Å². The van der Waals surface area contributed by atoms with E-state index in [-0.39, 0.29) is 30.3 Å². The molecule has 12 heteroatoms. The third-order valence-electron chi connectivity index (χ3n) is 5.45. The Morgan fingerprint density at radius 1 is 0.850 bits per heavy atom. The van der Waals surface area contributed by atoms with Crippen molar-refractivity contribution in [2.75, 3.05) is 18.1 Å². The molecule has 3 aromatic carbocycles. The maximum absolute atomic E-state index is 12.9. The summed E-state index contributed by atoms with van der Waals surface area (Å²) < 4.78 is 78.0. The molecular weight excluding hydrogens is 539 g/mol. The van der Waals surface area contributed by atoms with Gasteiger partial charge in [-0.3, -0.25) is 0 Å². The third-order valence-corrected chi connectivity index (χ3v) is 5.45. The van der Waals surface area contributed by atoms with E-state index in [2.05, 4.69) is 0 Å². The molecule has 0 aliphatic rings. The van der Waals surface area contributed by atoms with Gasteiger partial charge in [0.25, 0.3) is 0 Å². The van der Waals surface area contributed by atoms with Gasteiger partial charge in [0, 0.05) is 29.4 Å². The first kappa shape index (κ1) is 29.9. The largest absolute Gasteiger partial charge is 0.494 e. The summed E-state index contributed by atoms with van der Waals surface area (Å²) in [6, 6.07) is 16.6. The number of carbonyl (C=O) groups excluding carboxylic acids is 2. The van der Waals surface area contributed by atoms with Gasteiger partial charge >= 0.3 is 24.0 Å². The van der Waals surface area contributed by atoms with Gasteiger partial charge in [-0.1, -0.05) is 18.2 Å². The van der Waals surface area contributed by atoms with Gasteiger partial charge in [-0.25, -0.2) is 9.59 Å². The van der Waals surface area contributed by atoms with Crippen molar-refractivity contribution < 1.29 is 45.8 Å². The summed E-state index contributed by atoms with van der Waals surface area (Å²) in [5.74, 6) is -5.63. The summed E-state index contributed by atoms with van der Waals surface area (Å²) in [5.41, 5.74) is 13.8. The Morgan fingerprint density at radius 3 is 2.12 bits per heavy atom.